The number of piperazine rings is 1. The van der Waals surface area contributed by atoms with Crippen molar-refractivity contribution in [1.29, 1.82) is 0 Å². The van der Waals surface area contributed by atoms with Gasteiger partial charge in [-0.25, -0.2) is 0 Å². The van der Waals surface area contributed by atoms with Gasteiger partial charge < -0.3 is 4.90 Å². The molecule has 0 aliphatic carbocycles. The first kappa shape index (κ1) is 19.1. The van der Waals surface area contributed by atoms with Gasteiger partial charge in [0.25, 0.3) is 0 Å². The van der Waals surface area contributed by atoms with Crippen molar-refractivity contribution in [2.24, 2.45) is 5.92 Å². The number of aryl methyl sites for hydroxylation is 1. The van der Waals surface area contributed by atoms with Crippen LogP contribution in [0.1, 0.15) is 35.7 Å². The van der Waals surface area contributed by atoms with Crippen LogP contribution in [0, 0.1) is 19.8 Å². The molecule has 6 heteroatoms. The van der Waals surface area contributed by atoms with Gasteiger partial charge in [0.2, 0.25) is 5.91 Å². The van der Waals surface area contributed by atoms with Crippen molar-refractivity contribution in [2.75, 3.05) is 26.2 Å². The Morgan fingerprint density at radius 1 is 1.23 bits per heavy atom. The summed E-state index contributed by atoms with van der Waals surface area (Å²) in [6.45, 7) is 13.9. The Hall–Kier alpha value is -1.66. The summed E-state index contributed by atoms with van der Waals surface area (Å²) in [4.78, 5) is 18.7. The molecular formula is C20H30N4OS. The van der Waals surface area contributed by atoms with Gasteiger partial charge in [-0.1, -0.05) is 19.9 Å². The number of rotatable bonds is 6. The summed E-state index contributed by atoms with van der Waals surface area (Å²) in [5.74, 6) is 0.782. The molecule has 1 amide bonds. The molecule has 3 rings (SSSR count). The van der Waals surface area contributed by atoms with Crippen LogP contribution < -0.4 is 0 Å². The van der Waals surface area contributed by atoms with Crippen molar-refractivity contribution in [2.45, 2.75) is 47.2 Å². The highest BCUT2D eigenvalue weighted by Gasteiger charge is 2.23. The fraction of sp³-hybridized carbons (Fsp3) is 0.600. The second-order valence-electron chi connectivity index (χ2n) is 7.64. The summed E-state index contributed by atoms with van der Waals surface area (Å²) in [6, 6.07) is 4.28. The first-order valence-corrected chi connectivity index (χ1v) is 10.4. The Labute approximate surface area is 160 Å². The lowest BCUT2D eigenvalue weighted by Crippen LogP contribution is -2.48. The monoisotopic (exact) mass is 374 g/mol. The molecule has 0 atom stereocenters. The molecule has 26 heavy (non-hydrogen) atoms. The molecule has 0 N–H and O–H groups in total. The van der Waals surface area contributed by atoms with Gasteiger partial charge in [0.1, 0.15) is 0 Å². The zero-order chi connectivity index (χ0) is 18.7. The molecule has 0 unspecified atom stereocenters. The van der Waals surface area contributed by atoms with E-state index in [0.29, 0.717) is 12.3 Å². The Morgan fingerprint density at radius 3 is 2.58 bits per heavy atom. The molecule has 2 aromatic heterocycles. The molecule has 1 fully saturated rings. The summed E-state index contributed by atoms with van der Waals surface area (Å²) < 4.78 is 2.06. The minimum Gasteiger partial charge on any atom is -0.340 e. The van der Waals surface area contributed by atoms with Crippen molar-refractivity contribution < 1.29 is 4.79 Å². The first-order valence-electron chi connectivity index (χ1n) is 9.49. The van der Waals surface area contributed by atoms with Gasteiger partial charge in [-0.05, 0) is 31.2 Å². The number of hydrogen-bond acceptors (Lipinski definition) is 4. The highest BCUT2D eigenvalue weighted by Crippen LogP contribution is 2.18. The van der Waals surface area contributed by atoms with E-state index in [-0.39, 0.29) is 5.91 Å². The summed E-state index contributed by atoms with van der Waals surface area (Å²) >= 11 is 1.80. The van der Waals surface area contributed by atoms with Gasteiger partial charge in [-0.3, -0.25) is 14.4 Å². The number of hydrogen-bond donors (Lipinski definition) is 0. The average molecular weight is 375 g/mol. The molecule has 0 radical (unpaired) electrons. The normalized spacial score (nSPS) is 15.8. The zero-order valence-electron chi connectivity index (χ0n) is 16.4. The van der Waals surface area contributed by atoms with Crippen molar-refractivity contribution in [3.63, 3.8) is 0 Å². The van der Waals surface area contributed by atoms with Crippen LogP contribution in [0.3, 0.4) is 0 Å². The summed E-state index contributed by atoms with van der Waals surface area (Å²) in [5.41, 5.74) is 3.24. The minimum atomic E-state index is 0.232. The summed E-state index contributed by atoms with van der Waals surface area (Å²) in [7, 11) is 0. The van der Waals surface area contributed by atoms with Gasteiger partial charge in [0.15, 0.2) is 0 Å². The maximum Gasteiger partial charge on any atom is 0.227 e. The molecule has 1 aliphatic rings. The van der Waals surface area contributed by atoms with E-state index < -0.39 is 0 Å². The molecule has 2 aromatic rings. The minimum absolute atomic E-state index is 0.232. The zero-order valence-corrected chi connectivity index (χ0v) is 17.2. The molecule has 1 saturated heterocycles. The Kier molecular flexibility index (Phi) is 6.14. The first-order chi connectivity index (χ1) is 12.4. The van der Waals surface area contributed by atoms with Crippen molar-refractivity contribution >= 4 is 17.2 Å². The number of thiophene rings is 1. The number of amides is 1. The highest BCUT2D eigenvalue weighted by molar-refractivity contribution is 7.09. The predicted molar refractivity (Wildman–Crippen MR) is 106 cm³/mol. The Bertz CT molecular complexity index is 727. The second-order valence-corrected chi connectivity index (χ2v) is 8.67. The largest absolute Gasteiger partial charge is 0.340 e. The summed E-state index contributed by atoms with van der Waals surface area (Å²) in [6.07, 6.45) is 0.473. The number of carbonyl (C=O) groups excluding carboxylic acids is 1. The molecule has 0 spiro atoms. The molecule has 5 nitrogen and oxygen atoms in total. The fourth-order valence-electron chi connectivity index (χ4n) is 3.55. The Balaban J connectivity index is 1.55. The van der Waals surface area contributed by atoms with Crippen molar-refractivity contribution in [3.8, 4) is 0 Å². The molecule has 3 heterocycles. The third kappa shape index (κ3) is 4.54. The summed E-state index contributed by atoms with van der Waals surface area (Å²) in [5, 5.41) is 6.77. The van der Waals surface area contributed by atoms with E-state index in [9.17, 15) is 4.79 Å². The van der Waals surface area contributed by atoms with Gasteiger partial charge in [-0.2, -0.15) is 5.10 Å². The quantitative estimate of drug-likeness (QED) is 0.780. The van der Waals surface area contributed by atoms with E-state index in [1.165, 1.54) is 4.88 Å². The molecular weight excluding hydrogens is 344 g/mol. The molecule has 0 saturated carbocycles. The van der Waals surface area contributed by atoms with Crippen LogP contribution in [-0.4, -0.2) is 51.7 Å². The van der Waals surface area contributed by atoms with Crippen LogP contribution in [0.2, 0.25) is 0 Å². The maximum absolute atomic E-state index is 12.8. The third-order valence-electron chi connectivity index (χ3n) is 5.08. The predicted octanol–water partition coefficient (Wildman–Crippen LogP) is 3.10. The lowest BCUT2D eigenvalue weighted by atomic mass is 10.1. The maximum atomic E-state index is 12.8. The van der Waals surface area contributed by atoms with Gasteiger partial charge >= 0.3 is 0 Å². The lowest BCUT2D eigenvalue weighted by molar-refractivity contribution is -0.132. The lowest BCUT2D eigenvalue weighted by Gasteiger charge is -2.34. The molecule has 142 valence electrons. The molecule has 0 aromatic carbocycles. The van der Waals surface area contributed by atoms with Crippen molar-refractivity contribution in [1.82, 2.24) is 19.6 Å². The standard InChI is InChI=1S/C20H30N4OS/c1-15(2)13-24-17(4)19(16(3)21-24)12-20(25)23-9-7-22(8-10-23)14-18-6-5-11-26-18/h5-6,11,15H,7-10,12-14H2,1-4H3. The fourth-order valence-corrected chi connectivity index (χ4v) is 4.30. The van der Waals surface area contributed by atoms with Crippen LogP contribution in [-0.2, 0) is 24.3 Å². The van der Waals surface area contributed by atoms with Crippen LogP contribution in [0.4, 0.5) is 0 Å². The van der Waals surface area contributed by atoms with E-state index in [2.05, 4.69) is 53.0 Å². The van der Waals surface area contributed by atoms with E-state index in [0.717, 1.165) is 56.2 Å². The molecule has 0 bridgehead atoms. The molecule has 1 aliphatic heterocycles. The topological polar surface area (TPSA) is 41.4 Å². The van der Waals surface area contributed by atoms with Crippen molar-refractivity contribution in [3.05, 3.63) is 39.3 Å². The van der Waals surface area contributed by atoms with E-state index >= 15 is 0 Å². The van der Waals surface area contributed by atoms with E-state index in [1.54, 1.807) is 11.3 Å². The Morgan fingerprint density at radius 2 is 1.96 bits per heavy atom. The van der Waals surface area contributed by atoms with Gasteiger partial charge in [-0.15, -0.1) is 11.3 Å². The van der Waals surface area contributed by atoms with Crippen LogP contribution in [0.5, 0.6) is 0 Å². The number of carbonyl (C=O) groups is 1. The second kappa shape index (κ2) is 8.35. The smallest absolute Gasteiger partial charge is 0.227 e. The van der Waals surface area contributed by atoms with Crippen LogP contribution >= 0.6 is 11.3 Å². The van der Waals surface area contributed by atoms with E-state index in [4.69, 9.17) is 0 Å². The SMILES string of the molecule is Cc1nn(CC(C)C)c(C)c1CC(=O)N1CCN(Cc2cccs2)CC1. The van der Waals surface area contributed by atoms with Gasteiger partial charge in [0.05, 0.1) is 12.1 Å². The number of aromatic nitrogens is 2. The van der Waals surface area contributed by atoms with Crippen LogP contribution in [0.15, 0.2) is 17.5 Å². The van der Waals surface area contributed by atoms with Crippen LogP contribution in [0.25, 0.3) is 0 Å². The highest BCUT2D eigenvalue weighted by atomic mass is 32.1. The third-order valence-corrected chi connectivity index (χ3v) is 5.94. The van der Waals surface area contributed by atoms with Gasteiger partial charge in [0, 0.05) is 55.4 Å². The average Bonchev–Trinajstić information content (AvgIpc) is 3.19. The number of nitrogens with zero attached hydrogens (tertiary/aromatic N) is 4. The van der Waals surface area contributed by atoms with E-state index in [1.807, 2.05) is 11.8 Å².